The molecule has 5 atom stereocenters. The molecule has 5 unspecified atom stereocenters. The van der Waals surface area contributed by atoms with Crippen LogP contribution in [0.5, 0.6) is 0 Å². The van der Waals surface area contributed by atoms with E-state index in [0.717, 1.165) is 31.2 Å². The van der Waals surface area contributed by atoms with Crippen molar-refractivity contribution < 1.29 is 14.7 Å². The van der Waals surface area contributed by atoms with Crippen LogP contribution in [-0.2, 0) is 4.79 Å². The van der Waals surface area contributed by atoms with Gasteiger partial charge in [-0.05, 0) is 55.8 Å². The fourth-order valence-electron chi connectivity index (χ4n) is 4.74. The van der Waals surface area contributed by atoms with E-state index in [9.17, 15) is 14.7 Å². The maximum absolute atomic E-state index is 12.4. The van der Waals surface area contributed by atoms with Crippen molar-refractivity contribution in [3.05, 3.63) is 0 Å². The molecular formula is C16H26N2O3. The smallest absolute Gasteiger partial charge is 0.326 e. The zero-order chi connectivity index (χ0) is 15.0. The van der Waals surface area contributed by atoms with Gasteiger partial charge in [-0.15, -0.1) is 0 Å². The van der Waals surface area contributed by atoms with Crippen LogP contribution in [0.25, 0.3) is 0 Å². The first-order valence-electron chi connectivity index (χ1n) is 8.33. The van der Waals surface area contributed by atoms with Gasteiger partial charge >= 0.3 is 12.0 Å². The predicted octanol–water partition coefficient (Wildman–Crippen LogP) is 2.32. The van der Waals surface area contributed by atoms with Crippen LogP contribution in [0.3, 0.4) is 0 Å². The van der Waals surface area contributed by atoms with Crippen LogP contribution in [0, 0.1) is 23.7 Å². The summed E-state index contributed by atoms with van der Waals surface area (Å²) in [6, 6.07) is -0.851. The Hall–Kier alpha value is -1.26. The van der Waals surface area contributed by atoms with Gasteiger partial charge in [0.25, 0.3) is 0 Å². The van der Waals surface area contributed by atoms with Crippen molar-refractivity contribution in [3.63, 3.8) is 0 Å². The summed E-state index contributed by atoms with van der Waals surface area (Å²) in [6.07, 6.45) is 7.02. The van der Waals surface area contributed by atoms with Crippen LogP contribution in [0.2, 0.25) is 0 Å². The highest BCUT2D eigenvalue weighted by Gasteiger charge is 2.40. The number of likely N-dealkylation sites (tertiary alicyclic amines) is 1. The average molecular weight is 294 g/mol. The van der Waals surface area contributed by atoms with E-state index in [1.807, 2.05) is 6.92 Å². The molecule has 5 heteroatoms. The summed E-state index contributed by atoms with van der Waals surface area (Å²) in [4.78, 5) is 25.3. The lowest BCUT2D eigenvalue weighted by atomic mass is 9.89. The van der Waals surface area contributed by atoms with Crippen molar-refractivity contribution in [1.29, 1.82) is 0 Å². The molecule has 3 fully saturated rings. The summed E-state index contributed by atoms with van der Waals surface area (Å²) in [5.74, 6) is 1.42. The Balaban J connectivity index is 1.55. The largest absolute Gasteiger partial charge is 0.480 e. The van der Waals surface area contributed by atoms with E-state index in [4.69, 9.17) is 0 Å². The van der Waals surface area contributed by atoms with Gasteiger partial charge in [-0.1, -0.05) is 13.3 Å². The third kappa shape index (κ3) is 2.87. The molecular weight excluding hydrogens is 268 g/mol. The molecule has 1 heterocycles. The van der Waals surface area contributed by atoms with Crippen molar-refractivity contribution in [1.82, 2.24) is 10.2 Å². The highest BCUT2D eigenvalue weighted by Crippen LogP contribution is 2.47. The van der Waals surface area contributed by atoms with Crippen molar-refractivity contribution in [3.8, 4) is 0 Å². The number of nitrogens with one attached hydrogen (secondary N) is 1. The Bertz CT molecular complexity index is 426. The second-order valence-corrected chi connectivity index (χ2v) is 7.22. The van der Waals surface area contributed by atoms with Crippen LogP contribution in [-0.4, -0.2) is 41.1 Å². The highest BCUT2D eigenvalue weighted by molar-refractivity contribution is 5.83. The predicted molar refractivity (Wildman–Crippen MR) is 78.9 cm³/mol. The maximum atomic E-state index is 12.4. The molecule has 0 aromatic heterocycles. The molecule has 2 aliphatic carbocycles. The molecule has 2 amide bonds. The number of hydrogen-bond acceptors (Lipinski definition) is 2. The molecule has 118 valence electrons. The topological polar surface area (TPSA) is 69.6 Å². The van der Waals surface area contributed by atoms with Gasteiger partial charge in [0, 0.05) is 13.1 Å². The molecule has 3 aliphatic rings. The Morgan fingerprint density at radius 1 is 1.24 bits per heavy atom. The Morgan fingerprint density at radius 2 is 2.05 bits per heavy atom. The normalized spacial score (nSPS) is 38.5. The molecule has 0 radical (unpaired) electrons. The lowest BCUT2D eigenvalue weighted by molar-refractivity contribution is -0.145. The molecule has 0 spiro atoms. The van der Waals surface area contributed by atoms with E-state index in [0.29, 0.717) is 12.5 Å². The van der Waals surface area contributed by atoms with Crippen LogP contribution in [0.4, 0.5) is 4.79 Å². The highest BCUT2D eigenvalue weighted by atomic mass is 16.4. The lowest BCUT2D eigenvalue weighted by Crippen LogP contribution is -2.55. The fraction of sp³-hybridized carbons (Fsp3) is 0.875. The zero-order valence-corrected chi connectivity index (χ0v) is 12.8. The second kappa shape index (κ2) is 5.85. The van der Waals surface area contributed by atoms with E-state index in [1.165, 1.54) is 30.6 Å². The number of piperidine rings is 1. The van der Waals surface area contributed by atoms with Crippen LogP contribution in [0.1, 0.15) is 45.4 Å². The SMILES string of the molecule is CC1CCCN(C(=O)NCC2CC3CCC2C3)C1C(=O)O. The molecule has 5 nitrogen and oxygen atoms in total. The van der Waals surface area contributed by atoms with Gasteiger partial charge < -0.3 is 15.3 Å². The summed E-state index contributed by atoms with van der Waals surface area (Å²) in [7, 11) is 0. The summed E-state index contributed by atoms with van der Waals surface area (Å²) in [5.41, 5.74) is 0. The number of carboxylic acids is 1. The summed E-state index contributed by atoms with van der Waals surface area (Å²) in [6.45, 7) is 3.20. The third-order valence-electron chi connectivity index (χ3n) is 5.85. The molecule has 21 heavy (non-hydrogen) atoms. The number of nitrogens with zero attached hydrogens (tertiary/aromatic N) is 1. The molecule has 0 aromatic rings. The fourth-order valence-corrected chi connectivity index (χ4v) is 4.74. The van der Waals surface area contributed by atoms with Crippen molar-refractivity contribution in [2.45, 2.75) is 51.5 Å². The number of rotatable bonds is 3. The van der Waals surface area contributed by atoms with Gasteiger partial charge in [0.15, 0.2) is 0 Å². The average Bonchev–Trinajstić information content (AvgIpc) is 3.06. The van der Waals surface area contributed by atoms with E-state index in [2.05, 4.69) is 5.32 Å². The number of carbonyl (C=O) groups is 2. The van der Waals surface area contributed by atoms with E-state index in [-0.39, 0.29) is 11.9 Å². The number of carbonyl (C=O) groups excluding carboxylic acids is 1. The first-order valence-corrected chi connectivity index (χ1v) is 8.33. The van der Waals surface area contributed by atoms with Gasteiger partial charge in [0.05, 0.1) is 0 Å². The van der Waals surface area contributed by atoms with Crippen LogP contribution < -0.4 is 5.32 Å². The Morgan fingerprint density at radius 3 is 2.67 bits per heavy atom. The zero-order valence-electron chi connectivity index (χ0n) is 12.8. The Kier molecular flexibility index (Phi) is 4.09. The number of aliphatic carboxylic acids is 1. The quantitative estimate of drug-likeness (QED) is 0.839. The van der Waals surface area contributed by atoms with Gasteiger partial charge in [-0.3, -0.25) is 0 Å². The molecule has 1 saturated heterocycles. The van der Waals surface area contributed by atoms with Gasteiger partial charge in [-0.2, -0.15) is 0 Å². The summed E-state index contributed by atoms with van der Waals surface area (Å²) < 4.78 is 0. The minimum Gasteiger partial charge on any atom is -0.480 e. The second-order valence-electron chi connectivity index (χ2n) is 7.22. The van der Waals surface area contributed by atoms with Crippen LogP contribution in [0.15, 0.2) is 0 Å². The molecule has 2 N–H and O–H groups in total. The van der Waals surface area contributed by atoms with Gasteiger partial charge in [0.2, 0.25) is 0 Å². The minimum absolute atomic E-state index is 0.0319. The first-order chi connectivity index (χ1) is 10.1. The van der Waals surface area contributed by atoms with Crippen LogP contribution >= 0.6 is 0 Å². The van der Waals surface area contributed by atoms with Crippen molar-refractivity contribution in [2.24, 2.45) is 23.7 Å². The standard InChI is InChI=1S/C16H26N2O3/c1-10-3-2-6-18(14(10)15(19)20)16(21)17-9-13-8-11-4-5-12(13)7-11/h10-14H,2-9H2,1H3,(H,17,21)(H,19,20). The maximum Gasteiger partial charge on any atom is 0.326 e. The molecule has 0 aromatic carbocycles. The van der Waals surface area contributed by atoms with Gasteiger partial charge in [-0.25, -0.2) is 9.59 Å². The molecule has 1 aliphatic heterocycles. The van der Waals surface area contributed by atoms with E-state index in [1.54, 1.807) is 0 Å². The lowest BCUT2D eigenvalue weighted by Gasteiger charge is -2.37. The van der Waals surface area contributed by atoms with E-state index < -0.39 is 12.0 Å². The molecule has 2 saturated carbocycles. The number of amides is 2. The van der Waals surface area contributed by atoms with Crippen molar-refractivity contribution in [2.75, 3.05) is 13.1 Å². The summed E-state index contributed by atoms with van der Waals surface area (Å²) >= 11 is 0. The monoisotopic (exact) mass is 294 g/mol. The number of hydrogen-bond donors (Lipinski definition) is 2. The summed E-state index contributed by atoms with van der Waals surface area (Å²) in [5, 5.41) is 12.4. The van der Waals surface area contributed by atoms with E-state index >= 15 is 0 Å². The number of fused-ring (bicyclic) bond motifs is 2. The Labute approximate surface area is 126 Å². The number of carboxylic acid groups (broad SMARTS) is 1. The first kappa shape index (κ1) is 14.7. The third-order valence-corrected chi connectivity index (χ3v) is 5.85. The van der Waals surface area contributed by atoms with Crippen molar-refractivity contribution >= 4 is 12.0 Å². The van der Waals surface area contributed by atoms with Gasteiger partial charge in [0.1, 0.15) is 6.04 Å². The molecule has 3 rings (SSSR count). The number of urea groups is 1. The minimum atomic E-state index is -0.878. The molecule has 2 bridgehead atoms.